The van der Waals surface area contributed by atoms with Crippen LogP contribution in [0.4, 0.5) is 4.79 Å². The zero-order chi connectivity index (χ0) is 24.5. The molecule has 178 valence electrons. The summed E-state index contributed by atoms with van der Waals surface area (Å²) < 4.78 is 11.5. The molecule has 3 amide bonds. The van der Waals surface area contributed by atoms with Crippen molar-refractivity contribution < 1.29 is 19.1 Å². The molecule has 0 saturated carbocycles. The number of hydrogen-bond donors (Lipinski definition) is 2. The molecule has 0 fully saturated rings. The third-order valence-corrected chi connectivity index (χ3v) is 5.03. The minimum atomic E-state index is -0.518. The number of hydrazine groups is 1. The molecule has 0 spiro atoms. The lowest BCUT2D eigenvalue weighted by Gasteiger charge is -2.24. The van der Waals surface area contributed by atoms with E-state index in [0.717, 1.165) is 11.1 Å². The molecule has 0 atom stereocenters. The summed E-state index contributed by atoms with van der Waals surface area (Å²) in [6.45, 7) is 4.33. The Bertz CT molecular complexity index is 1120. The highest BCUT2D eigenvalue weighted by molar-refractivity contribution is 6.32. The number of ether oxygens (including phenoxy) is 2. The van der Waals surface area contributed by atoms with Crippen LogP contribution in [-0.2, 0) is 13.2 Å². The first-order valence-electron chi connectivity index (χ1n) is 10.9. The highest BCUT2D eigenvalue weighted by atomic mass is 35.5. The average Bonchev–Trinajstić information content (AvgIpc) is 2.83. The first kappa shape index (κ1) is 24.9. The highest BCUT2D eigenvalue weighted by Crippen LogP contribution is 2.27. The van der Waals surface area contributed by atoms with Crippen molar-refractivity contribution in [3.8, 4) is 11.5 Å². The average molecular weight is 482 g/mol. The summed E-state index contributed by atoms with van der Waals surface area (Å²) in [7, 11) is 1.48. The van der Waals surface area contributed by atoms with Crippen molar-refractivity contribution >= 4 is 23.5 Å². The van der Waals surface area contributed by atoms with E-state index in [1.165, 1.54) is 18.1 Å². The second-order valence-corrected chi connectivity index (χ2v) is 8.22. The van der Waals surface area contributed by atoms with Crippen molar-refractivity contribution in [1.82, 2.24) is 15.8 Å². The van der Waals surface area contributed by atoms with Gasteiger partial charge in [-0.25, -0.2) is 15.2 Å². The van der Waals surface area contributed by atoms with E-state index < -0.39 is 11.9 Å². The van der Waals surface area contributed by atoms with Crippen molar-refractivity contribution in [2.45, 2.75) is 33.1 Å². The summed E-state index contributed by atoms with van der Waals surface area (Å²) in [5.74, 6) is 0.728. The van der Waals surface area contributed by atoms with Crippen LogP contribution in [-0.4, -0.2) is 30.1 Å². The largest absolute Gasteiger partial charge is 0.489 e. The molecule has 2 N–H and O–H groups in total. The summed E-state index contributed by atoms with van der Waals surface area (Å²) in [6, 6.07) is 21.5. The van der Waals surface area contributed by atoms with Crippen molar-refractivity contribution in [2.24, 2.45) is 0 Å². The molecule has 0 heterocycles. The van der Waals surface area contributed by atoms with E-state index in [1.54, 1.807) is 12.1 Å². The zero-order valence-electron chi connectivity index (χ0n) is 19.4. The topological polar surface area (TPSA) is 79.9 Å². The Hall–Kier alpha value is -3.71. The lowest BCUT2D eigenvalue weighted by Crippen LogP contribution is -2.48. The first-order chi connectivity index (χ1) is 16.4. The Morgan fingerprint density at radius 1 is 0.971 bits per heavy atom. The van der Waals surface area contributed by atoms with Gasteiger partial charge in [0.15, 0.2) is 0 Å². The van der Waals surface area contributed by atoms with E-state index >= 15 is 0 Å². The fourth-order valence-electron chi connectivity index (χ4n) is 3.14. The van der Waals surface area contributed by atoms with Gasteiger partial charge >= 0.3 is 6.03 Å². The van der Waals surface area contributed by atoms with Gasteiger partial charge in [0, 0.05) is 12.6 Å². The van der Waals surface area contributed by atoms with Crippen molar-refractivity contribution in [1.29, 1.82) is 0 Å². The van der Waals surface area contributed by atoms with Gasteiger partial charge in [0.1, 0.15) is 18.1 Å². The predicted octanol–water partition coefficient (Wildman–Crippen LogP) is 5.19. The minimum Gasteiger partial charge on any atom is -0.489 e. The standard InChI is InChI=1S/C26H28ClN3O4/c1-18(2)34-24-13-12-21(15-23(24)27)25(31)30(29-26(32)28-3)16-20-10-7-11-22(14-20)33-17-19-8-5-4-6-9-19/h4-15,18H,16-17H2,1-3H3,(H2,28,29,32). The third kappa shape index (κ3) is 7.15. The SMILES string of the molecule is CNC(=O)NN(Cc1cccc(OCc2ccccc2)c1)C(=O)c1ccc(OC(C)C)c(Cl)c1. The Labute approximate surface area is 204 Å². The zero-order valence-corrected chi connectivity index (χ0v) is 20.1. The van der Waals surface area contributed by atoms with E-state index in [0.29, 0.717) is 28.7 Å². The number of benzene rings is 3. The van der Waals surface area contributed by atoms with Gasteiger partial charge < -0.3 is 14.8 Å². The van der Waals surface area contributed by atoms with Crippen LogP contribution in [0.1, 0.15) is 35.3 Å². The molecule has 0 bridgehead atoms. The molecular weight excluding hydrogens is 454 g/mol. The van der Waals surface area contributed by atoms with Gasteiger partial charge in [-0.3, -0.25) is 4.79 Å². The number of carbonyl (C=O) groups is 2. The molecule has 0 aromatic heterocycles. The van der Waals surface area contributed by atoms with Crippen LogP contribution < -0.4 is 20.2 Å². The minimum absolute atomic E-state index is 0.0538. The van der Waals surface area contributed by atoms with Gasteiger partial charge in [-0.15, -0.1) is 0 Å². The molecule has 0 radical (unpaired) electrons. The molecule has 0 saturated heterocycles. The Kier molecular flexibility index (Phi) is 8.76. The number of nitrogens with one attached hydrogen (secondary N) is 2. The van der Waals surface area contributed by atoms with Gasteiger partial charge in [0.2, 0.25) is 0 Å². The summed E-state index contributed by atoms with van der Waals surface area (Å²) >= 11 is 6.31. The quantitative estimate of drug-likeness (QED) is 0.434. The van der Waals surface area contributed by atoms with Gasteiger partial charge in [-0.2, -0.15) is 0 Å². The van der Waals surface area contributed by atoms with Crippen LogP contribution in [0.2, 0.25) is 5.02 Å². The molecule has 8 heteroatoms. The van der Waals surface area contributed by atoms with E-state index in [-0.39, 0.29) is 12.6 Å². The van der Waals surface area contributed by atoms with E-state index in [9.17, 15) is 9.59 Å². The number of halogens is 1. The number of rotatable bonds is 8. The van der Waals surface area contributed by atoms with Crippen molar-refractivity contribution in [3.05, 3.63) is 94.5 Å². The third-order valence-electron chi connectivity index (χ3n) is 4.74. The summed E-state index contributed by atoms with van der Waals surface area (Å²) in [5, 5.41) is 4.01. The van der Waals surface area contributed by atoms with Crippen LogP contribution in [0.15, 0.2) is 72.8 Å². The van der Waals surface area contributed by atoms with E-state index in [4.69, 9.17) is 21.1 Å². The molecule has 3 aromatic carbocycles. The van der Waals surface area contributed by atoms with Gasteiger partial charge in [0.25, 0.3) is 5.91 Å². The fraction of sp³-hybridized carbons (Fsp3) is 0.231. The van der Waals surface area contributed by atoms with Crippen LogP contribution in [0.3, 0.4) is 0 Å². The second-order valence-electron chi connectivity index (χ2n) is 7.82. The maximum absolute atomic E-state index is 13.2. The molecule has 3 aromatic rings. The molecule has 7 nitrogen and oxygen atoms in total. The summed E-state index contributed by atoms with van der Waals surface area (Å²) in [4.78, 5) is 25.3. The van der Waals surface area contributed by atoms with Gasteiger partial charge in [-0.1, -0.05) is 54.1 Å². The molecule has 0 aliphatic heterocycles. The van der Waals surface area contributed by atoms with Crippen molar-refractivity contribution in [3.63, 3.8) is 0 Å². The van der Waals surface area contributed by atoms with Gasteiger partial charge in [-0.05, 0) is 55.3 Å². The Morgan fingerprint density at radius 3 is 2.38 bits per heavy atom. The molecule has 34 heavy (non-hydrogen) atoms. The van der Waals surface area contributed by atoms with Crippen LogP contribution in [0, 0.1) is 0 Å². The van der Waals surface area contributed by atoms with Crippen molar-refractivity contribution in [2.75, 3.05) is 7.05 Å². The summed E-state index contributed by atoms with van der Waals surface area (Å²) in [6.07, 6.45) is -0.0538. The number of amides is 3. The maximum atomic E-state index is 13.2. The number of urea groups is 1. The van der Waals surface area contributed by atoms with E-state index in [2.05, 4.69) is 10.7 Å². The number of nitrogens with zero attached hydrogens (tertiary/aromatic N) is 1. The molecule has 0 unspecified atom stereocenters. The lowest BCUT2D eigenvalue weighted by molar-refractivity contribution is 0.0665. The number of carbonyl (C=O) groups excluding carboxylic acids is 2. The van der Waals surface area contributed by atoms with Crippen LogP contribution in [0.25, 0.3) is 0 Å². The monoisotopic (exact) mass is 481 g/mol. The molecule has 0 aliphatic rings. The Morgan fingerprint density at radius 2 is 1.71 bits per heavy atom. The normalized spacial score (nSPS) is 10.5. The predicted molar refractivity (Wildman–Crippen MR) is 132 cm³/mol. The smallest absolute Gasteiger partial charge is 0.333 e. The van der Waals surface area contributed by atoms with Crippen LogP contribution >= 0.6 is 11.6 Å². The summed E-state index contributed by atoms with van der Waals surface area (Å²) in [5.41, 5.74) is 4.72. The maximum Gasteiger partial charge on any atom is 0.333 e. The van der Waals surface area contributed by atoms with Gasteiger partial charge in [0.05, 0.1) is 17.7 Å². The first-order valence-corrected chi connectivity index (χ1v) is 11.3. The van der Waals surface area contributed by atoms with Crippen LogP contribution in [0.5, 0.6) is 11.5 Å². The molecular formula is C26H28ClN3O4. The molecule has 0 aliphatic carbocycles. The highest BCUT2D eigenvalue weighted by Gasteiger charge is 2.20. The lowest BCUT2D eigenvalue weighted by atomic mass is 10.1. The second kappa shape index (κ2) is 12.0. The fourth-order valence-corrected chi connectivity index (χ4v) is 3.36. The Balaban J connectivity index is 1.76. The number of hydrogen-bond acceptors (Lipinski definition) is 4. The van der Waals surface area contributed by atoms with E-state index in [1.807, 2.05) is 68.4 Å². The molecule has 3 rings (SSSR count).